The highest BCUT2D eigenvalue weighted by atomic mass is 16.7. The second-order valence-electron chi connectivity index (χ2n) is 17.9. The fourth-order valence-corrected chi connectivity index (χ4v) is 13.1. The SMILES string of the molecule is C[C@H]1[C@H]2[C@@H](O[C@@]3(O)[C@@H]1OC(C)(C)[C@H]3O)[C@H](O)[C@@]1(C)C3=CCC4C(C)(C)C(O[C@@H]5OC[C@@H](O)[C@H](O)[C@H]5O)CC[C@@]45C[C@@]35CC[C@]21C. The number of fused-ring (bicyclic) bond motifs is 5. The quantitative estimate of drug-likeness (QED) is 0.248. The monoisotopic (exact) mass is 634 g/mol. The van der Waals surface area contributed by atoms with E-state index >= 15 is 0 Å². The van der Waals surface area contributed by atoms with Crippen molar-refractivity contribution in [1.29, 1.82) is 0 Å². The highest BCUT2D eigenvalue weighted by molar-refractivity contribution is 5.47. The zero-order valence-corrected chi connectivity index (χ0v) is 27.8. The van der Waals surface area contributed by atoms with Crippen LogP contribution in [-0.4, -0.2) is 104 Å². The second-order valence-corrected chi connectivity index (χ2v) is 17.9. The number of hydrogen-bond donors (Lipinski definition) is 6. The van der Waals surface area contributed by atoms with Crippen molar-refractivity contribution in [3.05, 3.63) is 11.6 Å². The maximum absolute atomic E-state index is 12.4. The number of rotatable bonds is 2. The van der Waals surface area contributed by atoms with Crippen molar-refractivity contribution < 1.29 is 49.6 Å². The summed E-state index contributed by atoms with van der Waals surface area (Å²) in [6.45, 7) is 14.6. The van der Waals surface area contributed by atoms with Gasteiger partial charge in [-0.3, -0.25) is 0 Å². The molecule has 17 atom stereocenters. The van der Waals surface area contributed by atoms with Crippen LogP contribution in [0.4, 0.5) is 0 Å². The molecule has 3 heterocycles. The van der Waals surface area contributed by atoms with Gasteiger partial charge in [0.2, 0.25) is 5.79 Å². The molecule has 3 saturated heterocycles. The predicted octanol–water partition coefficient (Wildman–Crippen LogP) is 2.01. The van der Waals surface area contributed by atoms with Crippen molar-refractivity contribution in [2.75, 3.05) is 6.61 Å². The lowest BCUT2D eigenvalue weighted by Gasteiger charge is -2.60. The fourth-order valence-electron chi connectivity index (χ4n) is 13.1. The maximum atomic E-state index is 12.4. The highest BCUT2D eigenvalue weighted by Crippen LogP contribution is 2.88. The minimum Gasteiger partial charge on any atom is -0.389 e. The Balaban J connectivity index is 1.11. The van der Waals surface area contributed by atoms with E-state index in [-0.39, 0.29) is 46.2 Å². The van der Waals surface area contributed by atoms with Crippen molar-refractivity contribution >= 4 is 0 Å². The molecule has 6 N–H and O–H groups in total. The summed E-state index contributed by atoms with van der Waals surface area (Å²) < 4.78 is 24.8. The molecule has 7 fully saturated rings. The first-order valence-electron chi connectivity index (χ1n) is 17.3. The number of hydrogen-bond acceptors (Lipinski definition) is 10. The number of aliphatic hydroxyl groups excluding tert-OH is 5. The van der Waals surface area contributed by atoms with Gasteiger partial charge >= 0.3 is 0 Å². The molecule has 0 aromatic rings. The molecule has 10 heteroatoms. The molecule has 8 rings (SSSR count). The minimum atomic E-state index is -1.87. The molecule has 3 aliphatic heterocycles. The zero-order valence-electron chi connectivity index (χ0n) is 27.8. The van der Waals surface area contributed by atoms with E-state index in [9.17, 15) is 30.6 Å². The van der Waals surface area contributed by atoms with E-state index in [4.69, 9.17) is 18.9 Å². The highest BCUT2D eigenvalue weighted by Gasteiger charge is 2.84. The van der Waals surface area contributed by atoms with Gasteiger partial charge in [-0.15, -0.1) is 0 Å². The Morgan fingerprint density at radius 3 is 2.33 bits per heavy atom. The number of allylic oxidation sites excluding steroid dienone is 1. The molecule has 45 heavy (non-hydrogen) atoms. The summed E-state index contributed by atoms with van der Waals surface area (Å²) in [5.41, 5.74) is -0.626. The third-order valence-corrected chi connectivity index (χ3v) is 15.6. The summed E-state index contributed by atoms with van der Waals surface area (Å²) in [5.74, 6) is -1.72. The molecule has 0 aromatic heterocycles. The van der Waals surface area contributed by atoms with Crippen LogP contribution in [0.15, 0.2) is 11.6 Å². The van der Waals surface area contributed by atoms with Gasteiger partial charge in [-0.25, -0.2) is 0 Å². The molecule has 4 saturated carbocycles. The molecule has 0 bridgehead atoms. The minimum absolute atomic E-state index is 0.0178. The van der Waals surface area contributed by atoms with Gasteiger partial charge in [-0.2, -0.15) is 0 Å². The molecule has 5 aliphatic carbocycles. The summed E-state index contributed by atoms with van der Waals surface area (Å²) in [6, 6.07) is 0. The van der Waals surface area contributed by atoms with Crippen LogP contribution in [0.2, 0.25) is 0 Å². The zero-order chi connectivity index (χ0) is 32.5. The van der Waals surface area contributed by atoms with Crippen LogP contribution in [0.5, 0.6) is 0 Å². The van der Waals surface area contributed by atoms with Crippen LogP contribution in [-0.2, 0) is 18.9 Å². The van der Waals surface area contributed by atoms with Crippen LogP contribution in [0.1, 0.15) is 87.0 Å². The Bertz CT molecular complexity index is 1300. The topological polar surface area (TPSA) is 158 Å². The first kappa shape index (κ1) is 31.6. The van der Waals surface area contributed by atoms with E-state index in [1.165, 1.54) is 5.57 Å². The first-order chi connectivity index (χ1) is 20.8. The Kier molecular flexibility index (Phi) is 6.40. The van der Waals surface area contributed by atoms with Crippen LogP contribution < -0.4 is 0 Å². The van der Waals surface area contributed by atoms with Gasteiger partial charge in [0.25, 0.3) is 0 Å². The molecule has 0 amide bonds. The van der Waals surface area contributed by atoms with Crippen molar-refractivity contribution in [2.45, 2.75) is 154 Å². The van der Waals surface area contributed by atoms with Crippen LogP contribution in [0.3, 0.4) is 0 Å². The third-order valence-electron chi connectivity index (χ3n) is 15.6. The van der Waals surface area contributed by atoms with E-state index in [0.29, 0.717) is 5.92 Å². The van der Waals surface area contributed by atoms with Crippen LogP contribution in [0, 0.1) is 44.8 Å². The van der Waals surface area contributed by atoms with Crippen molar-refractivity contribution in [3.8, 4) is 0 Å². The van der Waals surface area contributed by atoms with Gasteiger partial charge in [-0.05, 0) is 91.8 Å². The van der Waals surface area contributed by atoms with E-state index in [1.54, 1.807) is 13.8 Å². The second kappa shape index (κ2) is 9.11. The predicted molar refractivity (Wildman–Crippen MR) is 160 cm³/mol. The Labute approximate surface area is 266 Å². The van der Waals surface area contributed by atoms with Gasteiger partial charge in [0.05, 0.1) is 30.5 Å². The van der Waals surface area contributed by atoms with E-state index in [1.807, 2.05) is 0 Å². The molecule has 8 aliphatic rings. The fraction of sp³-hybridized carbons (Fsp3) is 0.943. The van der Waals surface area contributed by atoms with Gasteiger partial charge in [0, 0.05) is 5.41 Å². The molecule has 2 unspecified atom stereocenters. The van der Waals surface area contributed by atoms with Crippen molar-refractivity contribution in [3.63, 3.8) is 0 Å². The molecule has 2 spiro atoms. The van der Waals surface area contributed by atoms with Gasteiger partial charge in [0.15, 0.2) is 6.29 Å². The van der Waals surface area contributed by atoms with Gasteiger partial charge in [-0.1, -0.05) is 46.3 Å². The number of aliphatic hydroxyl groups is 6. The largest absolute Gasteiger partial charge is 0.389 e. The van der Waals surface area contributed by atoms with Crippen LogP contribution in [0.25, 0.3) is 0 Å². The molecule has 254 valence electrons. The van der Waals surface area contributed by atoms with E-state index in [0.717, 1.165) is 38.5 Å². The van der Waals surface area contributed by atoms with Crippen molar-refractivity contribution in [2.24, 2.45) is 44.8 Å². The summed E-state index contributed by atoms with van der Waals surface area (Å²) in [5, 5.41) is 66.0. The standard InChI is InChI=1S/C35H54O10/c1-16-21-24(44-35(41)26(16)45-30(4,5)28(35)40)25(39)32(7)19-9-8-18-29(2,3)20(43-27-23(38)22(37)17(36)14-42-27)10-11-33(18)15-34(19,33)13-12-31(21,32)6/h9,16-18,20-28,36-41H,8,10-15H2,1-7H3/t16-,17+,18?,20?,21-,22-,23+,24+,25-,26+,27-,28+,31+,32+,33+,34-,35-/m0/s1. The molecule has 10 nitrogen and oxygen atoms in total. The average molecular weight is 635 g/mol. The smallest absolute Gasteiger partial charge is 0.222 e. The first-order valence-corrected chi connectivity index (χ1v) is 17.3. The summed E-state index contributed by atoms with van der Waals surface area (Å²) in [4.78, 5) is 0. The van der Waals surface area contributed by atoms with Gasteiger partial charge < -0.3 is 49.6 Å². The van der Waals surface area contributed by atoms with E-state index < -0.39 is 65.8 Å². The Hall–Kier alpha value is -0.660. The Morgan fingerprint density at radius 1 is 0.911 bits per heavy atom. The Morgan fingerprint density at radius 2 is 1.62 bits per heavy atom. The maximum Gasteiger partial charge on any atom is 0.222 e. The third kappa shape index (κ3) is 3.46. The summed E-state index contributed by atoms with van der Waals surface area (Å²) in [7, 11) is 0. The molecular weight excluding hydrogens is 580 g/mol. The lowest BCUT2D eigenvalue weighted by atomic mass is 9.44. The average Bonchev–Trinajstić information content (AvgIpc) is 3.55. The molecule has 0 aromatic carbocycles. The lowest BCUT2D eigenvalue weighted by molar-refractivity contribution is -0.334. The van der Waals surface area contributed by atoms with Crippen molar-refractivity contribution in [1.82, 2.24) is 0 Å². The number of ether oxygens (including phenoxy) is 4. The summed E-state index contributed by atoms with van der Waals surface area (Å²) >= 11 is 0. The molecular formula is C35H54O10. The normalized spacial score (nSPS) is 62.0. The van der Waals surface area contributed by atoms with Crippen LogP contribution >= 0.6 is 0 Å². The van der Waals surface area contributed by atoms with Gasteiger partial charge in [0.1, 0.15) is 30.5 Å². The van der Waals surface area contributed by atoms with E-state index in [2.05, 4.69) is 40.7 Å². The molecule has 0 radical (unpaired) electrons. The summed E-state index contributed by atoms with van der Waals surface area (Å²) in [6.07, 6.45) is -0.220. The lowest BCUT2D eigenvalue weighted by Crippen LogP contribution is -2.63.